The Morgan fingerprint density at radius 3 is 2.23 bits per heavy atom. The first-order valence-electron chi connectivity index (χ1n) is 3.95. The van der Waals surface area contributed by atoms with Gasteiger partial charge in [0.25, 0.3) is 0 Å². The molecule has 0 aliphatic heterocycles. The number of carbonyl (C=O) groups is 1. The van der Waals surface area contributed by atoms with Gasteiger partial charge in [0.1, 0.15) is 0 Å². The summed E-state index contributed by atoms with van der Waals surface area (Å²) in [4.78, 5) is 19.5. The largest absolute Gasteiger partial charge is 0.695 e. The zero-order chi connectivity index (χ0) is 10.6. The average molecular weight is 208 g/mol. The van der Waals surface area contributed by atoms with Crippen molar-refractivity contribution in [3.63, 3.8) is 0 Å². The van der Waals surface area contributed by atoms with Crippen LogP contribution in [-0.2, 0) is 13.9 Å². The molecule has 0 amide bonds. The molecule has 0 rings (SSSR count). The van der Waals surface area contributed by atoms with E-state index < -0.39 is 20.4 Å². The second-order valence-electron chi connectivity index (χ2n) is 3.20. The zero-order valence-corrected chi connectivity index (χ0v) is 8.82. The molecule has 0 saturated carbocycles. The summed E-state index contributed by atoms with van der Waals surface area (Å²) in [6.45, 7) is 4.91. The number of hydrogen-bond acceptors (Lipinski definition) is 4. The Hall–Kier alpha value is -0.350. The highest BCUT2D eigenvalue weighted by molar-refractivity contribution is 7.32. The van der Waals surface area contributed by atoms with E-state index in [2.05, 4.69) is 4.52 Å². The molecule has 76 valence electrons. The molecule has 5 nitrogen and oxygen atoms in total. The second-order valence-corrected chi connectivity index (χ2v) is 3.88. The number of ketones is 1. The molecule has 0 spiro atoms. The van der Waals surface area contributed by atoms with Crippen LogP contribution >= 0.6 is 8.25 Å². The van der Waals surface area contributed by atoms with Crippen LogP contribution in [-0.4, -0.2) is 22.8 Å². The van der Waals surface area contributed by atoms with E-state index in [1.807, 2.05) is 13.8 Å². The molecule has 0 saturated heterocycles. The summed E-state index contributed by atoms with van der Waals surface area (Å²) >= 11 is 0. The monoisotopic (exact) mass is 208 g/mol. The highest BCUT2D eigenvalue weighted by Gasteiger charge is 2.34. The average Bonchev–Trinajstić information content (AvgIpc) is 1.97. The van der Waals surface area contributed by atoms with Crippen LogP contribution in [0.4, 0.5) is 0 Å². The summed E-state index contributed by atoms with van der Waals surface area (Å²) < 4.78 is 14.9. The molecule has 0 bridgehead atoms. The van der Waals surface area contributed by atoms with Gasteiger partial charge in [0.05, 0.1) is 0 Å². The van der Waals surface area contributed by atoms with Crippen molar-refractivity contribution < 1.29 is 18.8 Å². The van der Waals surface area contributed by atoms with Crippen molar-refractivity contribution in [2.24, 2.45) is 11.7 Å². The van der Waals surface area contributed by atoms with Crippen molar-refractivity contribution in [2.45, 2.75) is 32.9 Å². The third-order valence-corrected chi connectivity index (χ3v) is 2.13. The molecule has 3 atom stereocenters. The third-order valence-electron chi connectivity index (χ3n) is 1.72. The quantitative estimate of drug-likeness (QED) is 0.645. The van der Waals surface area contributed by atoms with E-state index in [0.29, 0.717) is 0 Å². The second kappa shape index (κ2) is 5.40. The van der Waals surface area contributed by atoms with Gasteiger partial charge in [-0.15, -0.1) is 9.42 Å². The van der Waals surface area contributed by atoms with Gasteiger partial charge in [-0.3, -0.25) is 4.79 Å². The zero-order valence-electron chi connectivity index (χ0n) is 7.93. The van der Waals surface area contributed by atoms with Crippen LogP contribution in [0.3, 0.4) is 0 Å². The first-order chi connectivity index (χ1) is 5.86. The smallest absolute Gasteiger partial charge is 0.325 e. The minimum absolute atomic E-state index is 0.0175. The Labute approximate surface area is 78.2 Å². The Bertz CT molecular complexity index is 207. The molecule has 3 N–H and O–H groups in total. The van der Waals surface area contributed by atoms with Crippen LogP contribution in [0, 0.1) is 5.92 Å². The maximum Gasteiger partial charge on any atom is 0.695 e. The number of carbonyl (C=O) groups excluding carboxylic acids is 1. The highest BCUT2D eigenvalue weighted by atomic mass is 31.1. The van der Waals surface area contributed by atoms with E-state index in [0.717, 1.165) is 0 Å². The van der Waals surface area contributed by atoms with Gasteiger partial charge in [0, 0.05) is 10.6 Å². The Morgan fingerprint density at radius 1 is 1.54 bits per heavy atom. The molecule has 0 aromatic heterocycles. The van der Waals surface area contributed by atoms with Gasteiger partial charge in [0.15, 0.2) is 11.9 Å². The van der Waals surface area contributed by atoms with Gasteiger partial charge in [0.2, 0.25) is 0 Å². The van der Waals surface area contributed by atoms with Gasteiger partial charge in [-0.1, -0.05) is 13.8 Å². The molecule has 0 aromatic rings. The van der Waals surface area contributed by atoms with Crippen LogP contribution < -0.4 is 5.73 Å². The molecule has 3 unspecified atom stereocenters. The summed E-state index contributed by atoms with van der Waals surface area (Å²) in [5.74, 6) is -0.317. The third kappa shape index (κ3) is 4.43. The lowest BCUT2D eigenvalue weighted by Gasteiger charge is -2.19. The van der Waals surface area contributed by atoms with Crippen LogP contribution in [0.2, 0.25) is 0 Å². The Kier molecular flexibility index (Phi) is 5.25. The van der Waals surface area contributed by atoms with Crippen molar-refractivity contribution in [1.29, 1.82) is 0 Å². The van der Waals surface area contributed by atoms with E-state index in [-0.39, 0.29) is 11.7 Å². The van der Waals surface area contributed by atoms with E-state index in [9.17, 15) is 9.36 Å². The fourth-order valence-corrected chi connectivity index (χ4v) is 1.35. The lowest BCUT2D eigenvalue weighted by molar-refractivity contribution is -0.125. The van der Waals surface area contributed by atoms with Gasteiger partial charge >= 0.3 is 8.25 Å². The van der Waals surface area contributed by atoms with E-state index in [1.54, 1.807) is 0 Å². The Balaban J connectivity index is 4.41. The molecular weight excluding hydrogens is 193 g/mol. The maximum absolute atomic E-state index is 11.0. The number of nitrogens with two attached hydrogens (primary N) is 1. The molecule has 0 aliphatic carbocycles. The maximum atomic E-state index is 11.0. The van der Waals surface area contributed by atoms with Crippen LogP contribution in [0.15, 0.2) is 0 Å². The lowest BCUT2D eigenvalue weighted by Crippen LogP contribution is -2.44. The molecule has 0 heterocycles. The molecule has 6 heteroatoms. The van der Waals surface area contributed by atoms with Crippen molar-refractivity contribution in [3.8, 4) is 0 Å². The Morgan fingerprint density at radius 2 is 2.00 bits per heavy atom. The summed E-state index contributed by atoms with van der Waals surface area (Å²) in [6, 6.07) is -0.552. The van der Waals surface area contributed by atoms with Crippen LogP contribution in [0.1, 0.15) is 20.8 Å². The molecule has 13 heavy (non-hydrogen) atoms. The van der Waals surface area contributed by atoms with Gasteiger partial charge in [-0.2, -0.15) is 0 Å². The van der Waals surface area contributed by atoms with Gasteiger partial charge in [-0.25, -0.2) is 0 Å². The topological polar surface area (TPSA) is 89.6 Å². The number of hydrogen-bond donors (Lipinski definition) is 2. The van der Waals surface area contributed by atoms with Crippen LogP contribution in [0.25, 0.3) is 0 Å². The van der Waals surface area contributed by atoms with E-state index in [4.69, 9.17) is 10.6 Å². The van der Waals surface area contributed by atoms with Crippen LogP contribution in [0.5, 0.6) is 0 Å². The van der Waals surface area contributed by atoms with Crippen molar-refractivity contribution in [1.82, 2.24) is 0 Å². The standard InChI is InChI=1S/C7H14NO4P/c1-4(2)6(8)7(5(3)9)12-13(10)11/h4,6-7H,8H2,1-3H3/p+1. The predicted molar refractivity (Wildman–Crippen MR) is 48.2 cm³/mol. The van der Waals surface area contributed by atoms with Crippen molar-refractivity contribution in [2.75, 3.05) is 0 Å². The summed E-state index contributed by atoms with van der Waals surface area (Å²) in [5.41, 5.74) is 5.62. The molecule has 0 aliphatic rings. The van der Waals surface area contributed by atoms with Crippen molar-refractivity contribution in [3.05, 3.63) is 0 Å². The molecular formula is C7H15NO4P+. The minimum Gasteiger partial charge on any atom is -0.325 e. The van der Waals surface area contributed by atoms with E-state index >= 15 is 0 Å². The van der Waals surface area contributed by atoms with Crippen molar-refractivity contribution >= 4 is 14.0 Å². The first-order valence-corrected chi connectivity index (χ1v) is 5.08. The summed E-state index contributed by atoms with van der Waals surface area (Å²) in [7, 11) is -2.78. The number of rotatable bonds is 5. The fourth-order valence-electron chi connectivity index (χ4n) is 0.862. The molecule has 0 radical (unpaired) electrons. The molecule has 0 fully saturated rings. The summed E-state index contributed by atoms with van der Waals surface area (Å²) in [5, 5.41) is 0. The number of Topliss-reactive ketones (excluding diaryl/α,β-unsaturated/α-hetero) is 1. The molecule has 0 aromatic carbocycles. The highest BCUT2D eigenvalue weighted by Crippen LogP contribution is 2.22. The fraction of sp³-hybridized carbons (Fsp3) is 0.857. The normalized spacial score (nSPS) is 16.9. The minimum atomic E-state index is -2.78. The van der Waals surface area contributed by atoms with Gasteiger partial charge < -0.3 is 5.73 Å². The SMILES string of the molecule is CC(=O)C(O[P+](=O)O)C(N)C(C)C. The summed E-state index contributed by atoms with van der Waals surface area (Å²) in [6.07, 6.45) is -0.992. The predicted octanol–water partition coefficient (Wildman–Crippen LogP) is 0.594. The lowest BCUT2D eigenvalue weighted by atomic mass is 9.97. The van der Waals surface area contributed by atoms with E-state index in [1.165, 1.54) is 6.92 Å². The van der Waals surface area contributed by atoms with Gasteiger partial charge in [-0.05, 0) is 12.8 Å². The first kappa shape index (κ1) is 12.7.